The number of aryl methyl sites for hydroxylation is 1. The number of hydrogen-bond acceptors (Lipinski definition) is 7. The summed E-state index contributed by atoms with van der Waals surface area (Å²) in [4.78, 5) is 27.2. The smallest absolute Gasteiger partial charge is 0.410 e. The van der Waals surface area contributed by atoms with Crippen molar-refractivity contribution in [2.75, 3.05) is 44.4 Å². The van der Waals surface area contributed by atoms with Crippen molar-refractivity contribution in [3.63, 3.8) is 0 Å². The Hall–Kier alpha value is -3.64. The summed E-state index contributed by atoms with van der Waals surface area (Å²) >= 11 is 0. The molecule has 3 aromatic rings. The average Bonchev–Trinajstić information content (AvgIpc) is 3.68. The van der Waals surface area contributed by atoms with Crippen LogP contribution in [-0.4, -0.2) is 86.3 Å². The molecule has 0 spiro atoms. The molecule has 2 aliphatic rings. The molecule has 0 unspecified atom stereocenters. The number of aromatic nitrogens is 2. The van der Waals surface area contributed by atoms with Gasteiger partial charge in [-0.05, 0) is 82.7 Å². The van der Waals surface area contributed by atoms with Gasteiger partial charge in [-0.25, -0.2) is 17.9 Å². The second-order valence-electron chi connectivity index (χ2n) is 12.7. The Morgan fingerprint density at radius 3 is 2.33 bits per heavy atom. The van der Waals surface area contributed by atoms with Gasteiger partial charge in [0.15, 0.2) is 0 Å². The van der Waals surface area contributed by atoms with E-state index < -0.39 is 27.3 Å². The first kappa shape index (κ1) is 30.8. The van der Waals surface area contributed by atoms with Gasteiger partial charge in [0.1, 0.15) is 16.9 Å². The average molecular weight is 612 g/mol. The molecule has 1 aliphatic carbocycles. The summed E-state index contributed by atoms with van der Waals surface area (Å²) in [7, 11) is -0.544. The molecule has 5 rings (SSSR count). The van der Waals surface area contributed by atoms with E-state index in [0.29, 0.717) is 41.8 Å². The number of nitrogens with one attached hydrogen (secondary N) is 1. The van der Waals surface area contributed by atoms with Gasteiger partial charge in [0.05, 0.1) is 36.2 Å². The minimum Gasteiger partial charge on any atom is -0.444 e. The van der Waals surface area contributed by atoms with Crippen LogP contribution in [-0.2, 0) is 19.5 Å². The Morgan fingerprint density at radius 2 is 1.79 bits per heavy atom. The highest BCUT2D eigenvalue weighted by molar-refractivity contribution is 7.92. The van der Waals surface area contributed by atoms with Crippen LogP contribution in [0.15, 0.2) is 36.4 Å². The third-order valence-electron chi connectivity index (χ3n) is 8.04. The molecule has 43 heavy (non-hydrogen) atoms. The van der Waals surface area contributed by atoms with Gasteiger partial charge in [0.25, 0.3) is 5.91 Å². The number of ether oxygens (including phenoxy) is 2. The lowest BCUT2D eigenvalue weighted by Crippen LogP contribution is -2.65. The number of fused-ring (bicyclic) bond motifs is 1. The van der Waals surface area contributed by atoms with Crippen LogP contribution in [0.5, 0.6) is 0 Å². The second-order valence-corrected chi connectivity index (χ2v) is 14.6. The summed E-state index contributed by atoms with van der Waals surface area (Å²) in [5.41, 5.74) is 2.87. The van der Waals surface area contributed by atoms with E-state index in [1.807, 2.05) is 58.0 Å². The van der Waals surface area contributed by atoms with Crippen molar-refractivity contribution in [2.24, 2.45) is 0 Å². The Balaban J connectivity index is 1.51. The predicted molar refractivity (Wildman–Crippen MR) is 166 cm³/mol. The maximum Gasteiger partial charge on any atom is 0.410 e. The van der Waals surface area contributed by atoms with Crippen LogP contribution in [0.4, 0.5) is 10.5 Å². The third-order valence-corrected chi connectivity index (χ3v) is 9.22. The highest BCUT2D eigenvalue weighted by atomic mass is 32.2. The number of carbonyl (C=O) groups is 2. The summed E-state index contributed by atoms with van der Waals surface area (Å²) in [5.74, 6) is -0.0919. The van der Waals surface area contributed by atoms with Crippen molar-refractivity contribution < 1.29 is 27.5 Å². The van der Waals surface area contributed by atoms with E-state index in [4.69, 9.17) is 14.6 Å². The lowest BCUT2D eigenvalue weighted by atomic mass is 9.90. The van der Waals surface area contributed by atoms with Gasteiger partial charge in [0, 0.05) is 26.1 Å². The van der Waals surface area contributed by atoms with Crippen LogP contribution in [0.25, 0.3) is 16.6 Å². The molecule has 12 heteroatoms. The topological polar surface area (TPSA) is 123 Å². The monoisotopic (exact) mass is 611 g/mol. The largest absolute Gasteiger partial charge is 0.444 e. The van der Waals surface area contributed by atoms with Gasteiger partial charge in [-0.1, -0.05) is 17.7 Å². The van der Waals surface area contributed by atoms with Gasteiger partial charge in [-0.3, -0.25) is 9.10 Å². The van der Waals surface area contributed by atoms with E-state index in [9.17, 15) is 18.0 Å². The van der Waals surface area contributed by atoms with Crippen molar-refractivity contribution >= 4 is 38.6 Å². The molecule has 232 valence electrons. The third kappa shape index (κ3) is 6.35. The fraction of sp³-hybridized carbons (Fsp3) is 0.516. The maximum absolute atomic E-state index is 13.3. The SMILES string of the molecule is CNC(=O)c1c2cc(C3CC3)c(N(CCC3(OC)CN(C(=O)OC(C)(C)C)C3)S(C)(=O)=O)cc2nn1-c1ccc(C)cc1. The lowest BCUT2D eigenvalue weighted by molar-refractivity contribution is -0.123. The Labute approximate surface area is 253 Å². The molecule has 1 N–H and O–H groups in total. The molecule has 1 saturated heterocycles. The van der Waals surface area contributed by atoms with Gasteiger partial charge in [-0.15, -0.1) is 0 Å². The molecule has 0 radical (unpaired) electrons. The first-order chi connectivity index (χ1) is 20.1. The summed E-state index contributed by atoms with van der Waals surface area (Å²) in [5, 5.41) is 8.19. The minimum absolute atomic E-state index is 0.154. The normalized spacial score (nSPS) is 16.6. The molecule has 0 atom stereocenters. The van der Waals surface area contributed by atoms with E-state index in [-0.39, 0.29) is 18.4 Å². The first-order valence-electron chi connectivity index (χ1n) is 14.5. The molecule has 1 aliphatic heterocycles. The summed E-state index contributed by atoms with van der Waals surface area (Å²) < 4.78 is 40.9. The predicted octanol–water partition coefficient (Wildman–Crippen LogP) is 4.36. The van der Waals surface area contributed by atoms with Gasteiger partial charge in [0.2, 0.25) is 10.0 Å². The zero-order valence-corrected chi connectivity index (χ0v) is 26.7. The number of amides is 2. The molecule has 2 heterocycles. The van der Waals surface area contributed by atoms with Crippen LogP contribution in [0.1, 0.15) is 67.6 Å². The standard InChI is InChI=1S/C31H41N5O6S/c1-20-8-12-22(13-9-20)36-27(28(37)32-5)24-16-23(21-10-11-21)26(17-25(24)33-36)35(43(7,39)40)15-14-31(41-6)18-34(19-31)29(38)42-30(2,3)4/h8-9,12-13,16-17,21H,10-11,14-15,18-19H2,1-7H3,(H,32,37). The second kappa shape index (κ2) is 11.1. The van der Waals surface area contributed by atoms with Crippen molar-refractivity contribution in [3.8, 4) is 5.69 Å². The number of methoxy groups -OCH3 is 1. The number of nitrogens with zero attached hydrogens (tertiary/aromatic N) is 4. The Morgan fingerprint density at radius 1 is 1.14 bits per heavy atom. The van der Waals surface area contributed by atoms with Crippen LogP contribution < -0.4 is 9.62 Å². The van der Waals surface area contributed by atoms with Crippen molar-refractivity contribution in [1.29, 1.82) is 0 Å². The quantitative estimate of drug-likeness (QED) is 0.381. The summed E-state index contributed by atoms with van der Waals surface area (Å²) in [6, 6.07) is 11.4. The number of hydrogen-bond donors (Lipinski definition) is 1. The zero-order valence-electron chi connectivity index (χ0n) is 25.9. The first-order valence-corrected chi connectivity index (χ1v) is 16.4. The van der Waals surface area contributed by atoms with E-state index in [0.717, 1.165) is 29.7 Å². The van der Waals surface area contributed by atoms with Crippen molar-refractivity contribution in [2.45, 2.75) is 64.1 Å². The lowest BCUT2D eigenvalue weighted by Gasteiger charge is -2.49. The van der Waals surface area contributed by atoms with E-state index >= 15 is 0 Å². The minimum atomic E-state index is -3.71. The van der Waals surface area contributed by atoms with E-state index in [1.54, 1.807) is 29.8 Å². The molecular weight excluding hydrogens is 570 g/mol. The highest BCUT2D eigenvalue weighted by Crippen LogP contribution is 2.47. The van der Waals surface area contributed by atoms with Gasteiger partial charge >= 0.3 is 6.09 Å². The summed E-state index contributed by atoms with van der Waals surface area (Å²) in [6.45, 7) is 8.20. The fourth-order valence-electron chi connectivity index (χ4n) is 5.55. The number of benzene rings is 2. The molecule has 2 aromatic carbocycles. The van der Waals surface area contributed by atoms with Crippen molar-refractivity contribution in [3.05, 3.63) is 53.2 Å². The Kier molecular flexibility index (Phi) is 7.97. The molecule has 11 nitrogen and oxygen atoms in total. The number of rotatable bonds is 9. The summed E-state index contributed by atoms with van der Waals surface area (Å²) in [6.07, 6.45) is 3.02. The van der Waals surface area contributed by atoms with Gasteiger partial charge < -0.3 is 19.7 Å². The highest BCUT2D eigenvalue weighted by Gasteiger charge is 2.47. The van der Waals surface area contributed by atoms with Crippen LogP contribution in [0.3, 0.4) is 0 Å². The number of sulfonamides is 1. The molecule has 1 saturated carbocycles. The number of anilines is 1. The molecule has 1 aromatic heterocycles. The maximum atomic E-state index is 13.3. The molecular formula is C31H41N5O6S. The van der Waals surface area contributed by atoms with Crippen LogP contribution in [0, 0.1) is 6.92 Å². The molecule has 2 amide bonds. The molecule has 0 bridgehead atoms. The molecule has 2 fully saturated rings. The van der Waals surface area contributed by atoms with Gasteiger partial charge in [-0.2, -0.15) is 5.10 Å². The van der Waals surface area contributed by atoms with E-state index in [2.05, 4.69) is 5.32 Å². The number of likely N-dealkylation sites (tertiary alicyclic amines) is 1. The van der Waals surface area contributed by atoms with Crippen LogP contribution in [0.2, 0.25) is 0 Å². The van der Waals surface area contributed by atoms with Crippen molar-refractivity contribution in [1.82, 2.24) is 20.0 Å². The number of carbonyl (C=O) groups excluding carboxylic acids is 2. The Bertz CT molecular complexity index is 1650. The zero-order chi connectivity index (χ0) is 31.3. The van der Waals surface area contributed by atoms with Crippen LogP contribution >= 0.6 is 0 Å². The van der Waals surface area contributed by atoms with E-state index in [1.165, 1.54) is 10.6 Å². The fourth-order valence-corrected chi connectivity index (χ4v) is 6.49.